The van der Waals surface area contributed by atoms with Gasteiger partial charge in [-0.25, -0.2) is 0 Å². The van der Waals surface area contributed by atoms with Gasteiger partial charge in [0.25, 0.3) is 5.91 Å². The van der Waals surface area contributed by atoms with Crippen LogP contribution in [0.3, 0.4) is 0 Å². The number of nitrogens with one attached hydrogen (secondary N) is 2. The molecule has 224 valence electrons. The first-order valence-electron chi connectivity index (χ1n) is 12.6. The molecule has 4 rings (SSSR count). The summed E-state index contributed by atoms with van der Waals surface area (Å²) < 4.78 is 81.1. The van der Waals surface area contributed by atoms with E-state index in [4.69, 9.17) is 16.7 Å². The largest absolute Gasteiger partial charge is 0.481 e. The van der Waals surface area contributed by atoms with E-state index in [1.165, 1.54) is 48.7 Å². The number of rotatable bonds is 9. The normalized spacial score (nSPS) is 11.7. The minimum Gasteiger partial charge on any atom is -0.481 e. The predicted octanol–water partition coefficient (Wildman–Crippen LogP) is 7.92. The summed E-state index contributed by atoms with van der Waals surface area (Å²) in [7, 11) is 0. The van der Waals surface area contributed by atoms with Gasteiger partial charge in [-0.05, 0) is 64.7 Å². The fraction of sp³-hybridized carbons (Fsp3) is 0.167. The summed E-state index contributed by atoms with van der Waals surface area (Å²) in [5.74, 6) is -1.73. The van der Waals surface area contributed by atoms with Crippen LogP contribution in [-0.4, -0.2) is 28.5 Å². The van der Waals surface area contributed by atoms with Crippen LogP contribution in [0.15, 0.2) is 79.0 Å². The summed E-state index contributed by atoms with van der Waals surface area (Å²) in [6.45, 7) is -0.0653. The molecule has 0 aliphatic rings. The third kappa shape index (κ3) is 8.04. The summed E-state index contributed by atoms with van der Waals surface area (Å²) in [6.07, 6.45) is -8.29. The standard InChI is InChI=1S/C30H22ClF6N3O3/c31-21-6-9-23(25(14-21)30(35,36)37)17-2-7-22(8-3-17)39-15-18-1-5-20(29(32,33)34)13-24(18)19-4-10-26(40-16-19)28(43)38-12-11-27(41)42/h1-10,13-14,16,39H,11-12,15H2,(H,38,43)(H,41,42). The molecule has 0 fully saturated rings. The quantitative estimate of drug-likeness (QED) is 0.165. The van der Waals surface area contributed by atoms with Crippen molar-refractivity contribution in [2.24, 2.45) is 0 Å². The fourth-order valence-corrected chi connectivity index (χ4v) is 4.38. The van der Waals surface area contributed by atoms with E-state index in [0.29, 0.717) is 22.4 Å². The highest BCUT2D eigenvalue weighted by atomic mass is 35.5. The number of alkyl halides is 6. The number of carboxylic acid groups (broad SMARTS) is 1. The van der Waals surface area contributed by atoms with Gasteiger partial charge in [0.05, 0.1) is 17.5 Å². The second kappa shape index (κ2) is 12.7. The molecule has 4 aromatic rings. The second-order valence-corrected chi connectivity index (χ2v) is 9.76. The zero-order chi connectivity index (χ0) is 31.4. The number of hydrogen-bond donors (Lipinski definition) is 3. The summed E-state index contributed by atoms with van der Waals surface area (Å²) >= 11 is 5.76. The summed E-state index contributed by atoms with van der Waals surface area (Å²) in [6, 6.07) is 15.5. The van der Waals surface area contributed by atoms with E-state index in [-0.39, 0.29) is 41.4 Å². The first-order valence-corrected chi connectivity index (χ1v) is 13.0. The van der Waals surface area contributed by atoms with Crippen molar-refractivity contribution in [3.63, 3.8) is 0 Å². The third-order valence-corrected chi connectivity index (χ3v) is 6.57. The highest BCUT2D eigenvalue weighted by Crippen LogP contribution is 2.39. The Morgan fingerprint density at radius 2 is 1.51 bits per heavy atom. The molecule has 0 aliphatic heterocycles. The molecule has 0 bridgehead atoms. The van der Waals surface area contributed by atoms with Crippen LogP contribution in [0.2, 0.25) is 5.02 Å². The van der Waals surface area contributed by atoms with Gasteiger partial charge in [0.1, 0.15) is 5.69 Å². The van der Waals surface area contributed by atoms with Crippen LogP contribution in [0.5, 0.6) is 0 Å². The molecule has 1 amide bonds. The molecule has 0 aliphatic carbocycles. The minimum absolute atomic E-state index is 0.0461. The minimum atomic E-state index is -4.62. The average molecular weight is 622 g/mol. The number of hydrogen-bond acceptors (Lipinski definition) is 4. The number of nitrogens with zero attached hydrogens (tertiary/aromatic N) is 1. The van der Waals surface area contributed by atoms with Gasteiger partial charge in [0.15, 0.2) is 0 Å². The third-order valence-electron chi connectivity index (χ3n) is 6.33. The molecule has 0 saturated carbocycles. The van der Waals surface area contributed by atoms with E-state index in [0.717, 1.165) is 18.2 Å². The first-order chi connectivity index (χ1) is 20.2. The SMILES string of the molecule is O=C(O)CCNC(=O)c1ccc(-c2cc(C(F)(F)F)ccc2CNc2ccc(-c3ccc(Cl)cc3C(F)(F)F)cc2)cn1. The number of halogens is 7. The molecule has 1 aromatic heterocycles. The van der Waals surface area contributed by atoms with Gasteiger partial charge < -0.3 is 15.7 Å². The second-order valence-electron chi connectivity index (χ2n) is 9.32. The van der Waals surface area contributed by atoms with Crippen molar-refractivity contribution in [3.8, 4) is 22.3 Å². The van der Waals surface area contributed by atoms with Gasteiger partial charge in [-0.2, -0.15) is 26.3 Å². The molecular formula is C30H22ClF6N3O3. The lowest BCUT2D eigenvalue weighted by molar-refractivity contribution is -0.138. The molecule has 0 saturated heterocycles. The number of pyridine rings is 1. The number of aliphatic carboxylic acids is 1. The lowest BCUT2D eigenvalue weighted by Crippen LogP contribution is -2.26. The van der Waals surface area contributed by atoms with Gasteiger partial charge in [0, 0.05) is 35.6 Å². The molecule has 0 radical (unpaired) electrons. The highest BCUT2D eigenvalue weighted by Gasteiger charge is 2.34. The number of amides is 1. The Kier molecular flexibility index (Phi) is 9.29. The van der Waals surface area contributed by atoms with Crippen molar-refractivity contribution >= 4 is 29.2 Å². The molecular weight excluding hydrogens is 600 g/mol. The zero-order valence-corrected chi connectivity index (χ0v) is 22.7. The van der Waals surface area contributed by atoms with E-state index in [1.807, 2.05) is 0 Å². The molecule has 43 heavy (non-hydrogen) atoms. The highest BCUT2D eigenvalue weighted by molar-refractivity contribution is 6.30. The van der Waals surface area contributed by atoms with Crippen LogP contribution in [0.4, 0.5) is 32.0 Å². The summed E-state index contributed by atoms with van der Waals surface area (Å²) in [4.78, 5) is 26.8. The van der Waals surface area contributed by atoms with Crippen LogP contribution in [0, 0.1) is 0 Å². The van der Waals surface area contributed by atoms with Crippen LogP contribution in [0.25, 0.3) is 22.3 Å². The van der Waals surface area contributed by atoms with Crippen LogP contribution in [-0.2, 0) is 23.7 Å². The molecule has 3 N–H and O–H groups in total. The number of carboxylic acids is 1. The van der Waals surface area contributed by atoms with Gasteiger partial charge >= 0.3 is 18.3 Å². The van der Waals surface area contributed by atoms with Crippen molar-refractivity contribution in [3.05, 3.63) is 106 Å². The monoisotopic (exact) mass is 621 g/mol. The molecule has 0 spiro atoms. The number of aromatic nitrogens is 1. The first kappa shape index (κ1) is 31.4. The number of carbonyl (C=O) groups is 2. The number of carbonyl (C=O) groups excluding carboxylic acids is 1. The lowest BCUT2D eigenvalue weighted by atomic mass is 9.97. The molecule has 0 unspecified atom stereocenters. The predicted molar refractivity (Wildman–Crippen MR) is 148 cm³/mol. The van der Waals surface area contributed by atoms with Gasteiger partial charge in [-0.15, -0.1) is 0 Å². The Hall–Kier alpha value is -4.58. The van der Waals surface area contributed by atoms with Crippen LogP contribution in [0.1, 0.15) is 33.6 Å². The van der Waals surface area contributed by atoms with E-state index in [2.05, 4.69) is 15.6 Å². The maximum absolute atomic E-state index is 13.5. The van der Waals surface area contributed by atoms with E-state index < -0.39 is 35.4 Å². The van der Waals surface area contributed by atoms with Crippen molar-refractivity contribution in [1.29, 1.82) is 0 Å². The Labute approximate surface area is 246 Å². The Morgan fingerprint density at radius 1 is 0.814 bits per heavy atom. The van der Waals surface area contributed by atoms with Crippen molar-refractivity contribution in [1.82, 2.24) is 10.3 Å². The fourth-order valence-electron chi connectivity index (χ4n) is 4.20. The lowest BCUT2D eigenvalue weighted by Gasteiger charge is -2.16. The average Bonchev–Trinajstić information content (AvgIpc) is 2.95. The maximum atomic E-state index is 13.5. The van der Waals surface area contributed by atoms with Crippen molar-refractivity contribution < 1.29 is 41.0 Å². The van der Waals surface area contributed by atoms with Gasteiger partial charge in [0.2, 0.25) is 0 Å². The molecule has 3 aromatic carbocycles. The van der Waals surface area contributed by atoms with Gasteiger partial charge in [-0.1, -0.05) is 41.9 Å². The topological polar surface area (TPSA) is 91.3 Å². The molecule has 1 heterocycles. The van der Waals surface area contributed by atoms with E-state index in [1.54, 1.807) is 12.1 Å². The van der Waals surface area contributed by atoms with Crippen LogP contribution >= 0.6 is 11.6 Å². The smallest absolute Gasteiger partial charge is 0.417 e. The van der Waals surface area contributed by atoms with Crippen LogP contribution < -0.4 is 10.6 Å². The molecule has 0 atom stereocenters. The van der Waals surface area contributed by atoms with E-state index >= 15 is 0 Å². The van der Waals surface area contributed by atoms with Gasteiger partial charge in [-0.3, -0.25) is 14.6 Å². The van der Waals surface area contributed by atoms with Crippen molar-refractivity contribution in [2.75, 3.05) is 11.9 Å². The summed E-state index contributed by atoms with van der Waals surface area (Å²) in [5.41, 5.74) is -0.138. The Balaban J connectivity index is 1.56. The van der Waals surface area contributed by atoms with E-state index in [9.17, 15) is 35.9 Å². The Bertz CT molecular complexity index is 1620. The van der Waals surface area contributed by atoms with Crippen molar-refractivity contribution in [2.45, 2.75) is 25.3 Å². The maximum Gasteiger partial charge on any atom is 0.417 e. The Morgan fingerprint density at radius 3 is 2.12 bits per heavy atom. The number of anilines is 1. The molecule has 13 heteroatoms. The molecule has 6 nitrogen and oxygen atoms in total. The zero-order valence-electron chi connectivity index (χ0n) is 22.0. The number of benzene rings is 3. The summed E-state index contributed by atoms with van der Waals surface area (Å²) in [5, 5.41) is 14.1.